The second kappa shape index (κ2) is 9.03. The number of Topliss-reactive ketones (excluding diaryl/α,β-unsaturated/α-hetero) is 1. The van der Waals surface area contributed by atoms with Crippen molar-refractivity contribution in [3.8, 4) is 6.07 Å². The molecular weight excluding hydrogens is 417 g/mol. The fraction of sp³-hybridized carbons (Fsp3) is 0.769. The topological polar surface area (TPSA) is 78.9 Å². The van der Waals surface area contributed by atoms with Crippen LogP contribution < -0.4 is 0 Å². The summed E-state index contributed by atoms with van der Waals surface area (Å²) in [6.07, 6.45) is 16.6. The van der Waals surface area contributed by atoms with E-state index in [1.165, 1.54) is 38.3 Å². The van der Waals surface area contributed by atoms with E-state index in [9.17, 15) is 9.90 Å². The Balaban J connectivity index is 0.00000119. The third-order valence-electron chi connectivity index (χ3n) is 9.71. The van der Waals surface area contributed by atoms with Crippen LogP contribution in [0.1, 0.15) is 77.2 Å². The van der Waals surface area contributed by atoms with Crippen molar-refractivity contribution in [3.05, 3.63) is 18.0 Å². The largest absolute Gasteiger partial charge is 0.390 e. The average Bonchev–Trinajstić information content (AvgIpc) is 3.37. The first-order valence-electron chi connectivity index (χ1n) is 12.3. The van der Waals surface area contributed by atoms with Crippen LogP contribution in [0.3, 0.4) is 0 Å². The molecule has 4 aliphatic rings. The lowest BCUT2D eigenvalue weighted by Crippen LogP contribution is -2.51. The summed E-state index contributed by atoms with van der Waals surface area (Å²) in [5.74, 6) is 4.15. The highest BCUT2D eigenvalue weighted by molar-refractivity contribution is 7.15. The second-order valence-corrected chi connectivity index (χ2v) is 11.4. The van der Waals surface area contributed by atoms with Crippen molar-refractivity contribution in [2.75, 3.05) is 0 Å². The molecule has 0 aromatic carbocycles. The third-order valence-corrected chi connectivity index (χ3v) is 9.71. The van der Waals surface area contributed by atoms with Crippen LogP contribution in [0.25, 0.3) is 0 Å². The highest BCUT2D eigenvalue weighted by Crippen LogP contribution is 2.64. The summed E-state index contributed by atoms with van der Waals surface area (Å²) < 4.78 is 1.64. The van der Waals surface area contributed by atoms with E-state index >= 15 is 0 Å². The third kappa shape index (κ3) is 4.10. The second-order valence-electron chi connectivity index (χ2n) is 11.4. The van der Waals surface area contributed by atoms with Gasteiger partial charge in [0.1, 0.15) is 6.07 Å². The van der Waals surface area contributed by atoms with Gasteiger partial charge >= 0.3 is 0 Å². The van der Waals surface area contributed by atoms with Crippen molar-refractivity contribution in [1.82, 2.24) is 9.78 Å². The van der Waals surface area contributed by atoms with Gasteiger partial charge in [-0.05, 0) is 99.7 Å². The molecule has 0 unspecified atom stereocenters. The zero-order chi connectivity index (χ0) is 23.1. The number of ketones is 1. The van der Waals surface area contributed by atoms with Gasteiger partial charge in [-0.1, -0.05) is 13.2 Å². The van der Waals surface area contributed by atoms with Gasteiger partial charge in [0.05, 0.1) is 23.9 Å². The summed E-state index contributed by atoms with van der Waals surface area (Å²) >= 11 is 0. The number of hydrogen-bond acceptors (Lipinski definition) is 4. The lowest BCUT2D eigenvalue weighted by atomic mass is 9.49. The number of rotatable bonds is 3. The molecule has 0 radical (unpaired) electrons. The Labute approximate surface area is 194 Å². The predicted octanol–water partition coefficient (Wildman–Crippen LogP) is 4.90. The molecule has 1 aromatic heterocycles. The Hall–Kier alpha value is -1.50. The van der Waals surface area contributed by atoms with Gasteiger partial charge in [0.25, 0.3) is 0 Å². The fourth-order valence-corrected chi connectivity index (χ4v) is 8.39. The van der Waals surface area contributed by atoms with E-state index in [1.807, 2.05) is 6.92 Å². The van der Waals surface area contributed by atoms with Gasteiger partial charge < -0.3 is 5.11 Å². The van der Waals surface area contributed by atoms with E-state index in [1.54, 1.807) is 10.9 Å². The molecule has 1 aromatic rings. The Morgan fingerprint density at radius 3 is 2.66 bits per heavy atom. The van der Waals surface area contributed by atoms with Gasteiger partial charge in [-0.3, -0.25) is 9.48 Å². The number of aliphatic hydroxyl groups is 1. The molecule has 1 heterocycles. The summed E-state index contributed by atoms with van der Waals surface area (Å²) in [6.45, 7) is 4.72. The number of carbonyl (C=O) groups is 1. The molecule has 0 aliphatic heterocycles. The summed E-state index contributed by atoms with van der Waals surface area (Å²) in [4.78, 5) is 13.3. The van der Waals surface area contributed by atoms with Crippen molar-refractivity contribution in [1.29, 1.82) is 5.26 Å². The zero-order valence-electron chi connectivity index (χ0n) is 19.6. The van der Waals surface area contributed by atoms with Crippen LogP contribution in [-0.4, -0.2) is 32.6 Å². The highest BCUT2D eigenvalue weighted by Gasteiger charge is 2.58. The van der Waals surface area contributed by atoms with Crippen LogP contribution >= 0.6 is 8.86 Å². The summed E-state index contributed by atoms with van der Waals surface area (Å²) in [6, 6.07) is 2.09. The normalized spacial score (nSPS) is 42.4. The minimum absolute atomic E-state index is 0.121. The summed E-state index contributed by atoms with van der Waals surface area (Å²) in [7, 11) is 2.72. The molecule has 0 amide bonds. The lowest BCUT2D eigenvalue weighted by molar-refractivity contribution is -0.133. The smallest absolute Gasteiger partial charge is 0.157 e. The van der Waals surface area contributed by atoms with Gasteiger partial charge in [0.15, 0.2) is 5.78 Å². The molecule has 174 valence electrons. The van der Waals surface area contributed by atoms with E-state index in [0.29, 0.717) is 29.7 Å². The SMILES string of the molecule is C=P.C[C@@]1(O)CC[C@H]2[C@H](CC[C@@H]3[C@@H]2CC[C@]2(C)[C@@H](C(=O)Cn4cc(C#N)cn4)CC[C@@H]32)C1. The molecule has 0 saturated heterocycles. The van der Waals surface area contributed by atoms with Gasteiger partial charge in [-0.2, -0.15) is 10.4 Å². The number of hydrogen-bond donors (Lipinski definition) is 1. The van der Waals surface area contributed by atoms with E-state index < -0.39 is 5.60 Å². The molecule has 8 atom stereocenters. The molecule has 0 bridgehead atoms. The van der Waals surface area contributed by atoms with Crippen LogP contribution in [0.5, 0.6) is 0 Å². The molecule has 32 heavy (non-hydrogen) atoms. The minimum atomic E-state index is -0.458. The quantitative estimate of drug-likeness (QED) is 0.657. The monoisotopic (exact) mass is 455 g/mol. The average molecular weight is 456 g/mol. The van der Waals surface area contributed by atoms with Crippen LogP contribution in [0.15, 0.2) is 12.4 Å². The van der Waals surface area contributed by atoms with Crippen LogP contribution in [0.4, 0.5) is 0 Å². The van der Waals surface area contributed by atoms with E-state index in [0.717, 1.165) is 43.4 Å². The Kier molecular flexibility index (Phi) is 6.68. The molecule has 5 rings (SSSR count). The Bertz CT molecular complexity index is 890. The van der Waals surface area contributed by atoms with Crippen molar-refractivity contribution >= 4 is 20.9 Å². The van der Waals surface area contributed by atoms with E-state index in [2.05, 4.69) is 33.3 Å². The number of fused-ring (bicyclic) bond motifs is 5. The standard InChI is InChI=1S/C25H35N3O2.CH3P/c1-24(30)9-7-18-17(11-24)3-4-20-19(18)8-10-25(2)21(20)5-6-22(25)23(29)15-28-14-16(12-26)13-27-28;1-2/h13-14,17-22,30H,3-11,15H2,1-2H3;2H,1H2/t17-,18+,19-,20-,21+,22-,24-,25+;/m1./s1. The van der Waals surface area contributed by atoms with Gasteiger partial charge in [-0.25, -0.2) is 0 Å². The summed E-state index contributed by atoms with van der Waals surface area (Å²) in [5.41, 5.74) is 0.179. The van der Waals surface area contributed by atoms with E-state index in [4.69, 9.17) is 5.26 Å². The zero-order valence-corrected chi connectivity index (χ0v) is 20.6. The number of nitrogens with zero attached hydrogens (tertiary/aromatic N) is 3. The minimum Gasteiger partial charge on any atom is -0.390 e. The predicted molar refractivity (Wildman–Crippen MR) is 129 cm³/mol. The molecule has 4 fully saturated rings. The first-order valence-corrected chi connectivity index (χ1v) is 13.0. The van der Waals surface area contributed by atoms with Crippen LogP contribution in [0, 0.1) is 52.3 Å². The molecule has 4 saturated carbocycles. The van der Waals surface area contributed by atoms with Crippen molar-refractivity contribution in [2.24, 2.45) is 40.9 Å². The molecule has 6 heteroatoms. The maximum absolute atomic E-state index is 13.3. The van der Waals surface area contributed by atoms with Crippen LogP contribution in [-0.2, 0) is 11.3 Å². The van der Waals surface area contributed by atoms with Gasteiger partial charge in [0, 0.05) is 12.1 Å². The molecule has 0 spiro atoms. The van der Waals surface area contributed by atoms with E-state index in [-0.39, 0.29) is 11.3 Å². The molecule has 4 aliphatic carbocycles. The van der Waals surface area contributed by atoms with Crippen molar-refractivity contribution < 1.29 is 9.90 Å². The molecule has 5 nitrogen and oxygen atoms in total. The maximum atomic E-state index is 13.3. The Morgan fingerprint density at radius 1 is 1.19 bits per heavy atom. The summed E-state index contributed by atoms with van der Waals surface area (Å²) in [5, 5.41) is 23.8. The van der Waals surface area contributed by atoms with Crippen molar-refractivity contribution in [3.63, 3.8) is 0 Å². The molecule has 1 N–H and O–H groups in total. The maximum Gasteiger partial charge on any atom is 0.157 e. The van der Waals surface area contributed by atoms with Gasteiger partial charge in [0.2, 0.25) is 0 Å². The van der Waals surface area contributed by atoms with Crippen molar-refractivity contribution in [2.45, 2.75) is 83.8 Å². The number of nitriles is 1. The number of aromatic nitrogens is 2. The van der Waals surface area contributed by atoms with Crippen LogP contribution in [0.2, 0.25) is 0 Å². The first kappa shape index (κ1) is 23.7. The lowest BCUT2D eigenvalue weighted by Gasteiger charge is -2.56. The van der Waals surface area contributed by atoms with Gasteiger partial charge in [-0.15, -0.1) is 8.86 Å². The molecular formula is C26H38N3O2P. The number of carbonyl (C=O) groups excluding carboxylic acids is 1. The first-order chi connectivity index (χ1) is 15.3. The fourth-order valence-electron chi connectivity index (χ4n) is 8.39. The Morgan fingerprint density at radius 2 is 1.94 bits per heavy atom. The highest BCUT2D eigenvalue weighted by atomic mass is 31.0.